The topological polar surface area (TPSA) is 136 Å². The lowest BCUT2D eigenvalue weighted by Crippen LogP contribution is -2.52. The van der Waals surface area contributed by atoms with Gasteiger partial charge in [-0.2, -0.15) is 0 Å². The van der Waals surface area contributed by atoms with E-state index in [0.717, 1.165) is 94.3 Å². The molecular formula is C45H42N6O6. The van der Waals surface area contributed by atoms with Crippen molar-refractivity contribution in [2.45, 2.75) is 70.6 Å². The van der Waals surface area contributed by atoms with Crippen molar-refractivity contribution < 1.29 is 28.7 Å². The highest BCUT2D eigenvalue weighted by atomic mass is 16.5. The molecule has 9 rings (SSSR count). The fourth-order valence-corrected chi connectivity index (χ4v) is 8.49. The molecule has 12 nitrogen and oxygen atoms in total. The first-order valence-corrected chi connectivity index (χ1v) is 19.6. The van der Waals surface area contributed by atoms with Crippen LogP contribution in [0.2, 0.25) is 0 Å². The number of nitrogens with one attached hydrogen (secondary N) is 1. The normalized spacial score (nSPS) is 18.2. The van der Waals surface area contributed by atoms with Crippen LogP contribution in [-0.2, 0) is 38.8 Å². The smallest absolute Gasteiger partial charge is 0.255 e. The quantitative estimate of drug-likeness (QED) is 0.129. The van der Waals surface area contributed by atoms with Gasteiger partial charge in [-0.3, -0.25) is 29.5 Å². The van der Waals surface area contributed by atoms with E-state index < -0.39 is 11.9 Å². The molecule has 6 heterocycles. The van der Waals surface area contributed by atoms with Crippen molar-refractivity contribution in [2.24, 2.45) is 0 Å². The number of carbonyl (C=O) groups excluding carboxylic acids is 4. The van der Waals surface area contributed by atoms with E-state index in [1.165, 1.54) is 4.90 Å². The Hall–Kier alpha value is -6.32. The van der Waals surface area contributed by atoms with Crippen LogP contribution in [0.5, 0.6) is 5.75 Å². The SMILES string of the molecule is CC(=O)N1CCn2c(C3CCOCC3)nc(-c3cccc4cc(-c5ccc(OCCC#Cc6cccc7c6CN(C6CCC(=O)NC6=O)C7=O)cc5)ncc34)c2C1. The monoisotopic (exact) mass is 762 g/mol. The molecule has 0 aliphatic carbocycles. The minimum Gasteiger partial charge on any atom is -0.493 e. The number of amides is 4. The van der Waals surface area contributed by atoms with Gasteiger partial charge in [0.2, 0.25) is 17.7 Å². The molecule has 2 saturated heterocycles. The molecule has 1 N–H and O–H groups in total. The van der Waals surface area contributed by atoms with Crippen LogP contribution in [0, 0.1) is 11.8 Å². The molecule has 0 radical (unpaired) electrons. The summed E-state index contributed by atoms with van der Waals surface area (Å²) in [6, 6.07) is 21.0. The number of imidazole rings is 1. The number of aromatic nitrogens is 3. The van der Waals surface area contributed by atoms with Gasteiger partial charge in [0.15, 0.2) is 0 Å². The van der Waals surface area contributed by atoms with Crippen LogP contribution in [0.15, 0.2) is 72.9 Å². The molecule has 0 spiro atoms. The summed E-state index contributed by atoms with van der Waals surface area (Å²) in [4.78, 5) is 63.3. The van der Waals surface area contributed by atoms with Gasteiger partial charge >= 0.3 is 0 Å². The third-order valence-electron chi connectivity index (χ3n) is 11.5. The van der Waals surface area contributed by atoms with E-state index in [4.69, 9.17) is 19.4 Å². The number of nitrogens with zero attached hydrogens (tertiary/aromatic N) is 5. The fraction of sp³-hybridized carbons (Fsp3) is 0.333. The number of pyridine rings is 1. The van der Waals surface area contributed by atoms with Crippen LogP contribution in [0.4, 0.5) is 0 Å². The number of rotatable bonds is 7. The minimum absolute atomic E-state index is 0.0728. The van der Waals surface area contributed by atoms with Gasteiger partial charge in [-0.1, -0.05) is 36.1 Å². The number of hydrogen-bond donors (Lipinski definition) is 1. The Bertz CT molecular complexity index is 2490. The number of carbonyl (C=O) groups is 4. The fourth-order valence-electron chi connectivity index (χ4n) is 8.49. The zero-order valence-electron chi connectivity index (χ0n) is 31.8. The maximum atomic E-state index is 13.1. The Balaban J connectivity index is 0.871. The highest BCUT2D eigenvalue weighted by Crippen LogP contribution is 2.38. The van der Waals surface area contributed by atoms with Crippen LogP contribution >= 0.6 is 0 Å². The molecule has 12 heteroatoms. The standard InChI is InChI=1S/C45H42N6O6/c1-28(52)49-19-20-50-40(27-49)42(48-43(50)31-17-22-56-23-18-31)34-9-5-8-32-24-38(46-25-36(32)34)30-11-13-33(14-12-30)57-21-3-2-6-29-7-4-10-35-37(29)26-51(45(35)55)39-15-16-41(53)47-44(39)54/h4-5,7-14,24-25,31,39H,3,15-23,26-27H2,1H3,(H,47,53,54). The van der Waals surface area contributed by atoms with Gasteiger partial charge in [-0.25, -0.2) is 4.98 Å². The lowest BCUT2D eigenvalue weighted by Gasteiger charge is -2.30. The summed E-state index contributed by atoms with van der Waals surface area (Å²) in [6.45, 7) is 5.74. The van der Waals surface area contributed by atoms with Gasteiger partial charge in [0.1, 0.15) is 17.6 Å². The van der Waals surface area contributed by atoms with Gasteiger partial charge in [-0.15, -0.1) is 0 Å². The van der Waals surface area contributed by atoms with Gasteiger partial charge in [-0.05, 0) is 72.7 Å². The van der Waals surface area contributed by atoms with Crippen molar-refractivity contribution >= 4 is 34.4 Å². The largest absolute Gasteiger partial charge is 0.493 e. The van der Waals surface area contributed by atoms with E-state index in [1.807, 2.05) is 41.4 Å². The second kappa shape index (κ2) is 15.3. The number of hydrogen-bond acceptors (Lipinski definition) is 8. The van der Waals surface area contributed by atoms with E-state index in [9.17, 15) is 19.2 Å². The summed E-state index contributed by atoms with van der Waals surface area (Å²) < 4.78 is 14.0. The van der Waals surface area contributed by atoms with Crippen molar-refractivity contribution in [3.8, 4) is 40.1 Å². The van der Waals surface area contributed by atoms with Crippen LogP contribution in [-0.4, -0.2) is 80.4 Å². The number of ether oxygens (including phenoxy) is 2. The molecule has 0 saturated carbocycles. The predicted octanol–water partition coefficient (Wildman–Crippen LogP) is 5.60. The molecule has 1 atom stereocenters. The maximum Gasteiger partial charge on any atom is 0.255 e. The molecule has 0 bridgehead atoms. The molecule has 288 valence electrons. The summed E-state index contributed by atoms with van der Waals surface area (Å²) >= 11 is 0. The highest BCUT2D eigenvalue weighted by molar-refractivity contribution is 6.05. The van der Waals surface area contributed by atoms with Crippen LogP contribution in [0.3, 0.4) is 0 Å². The Labute approximate surface area is 330 Å². The average molecular weight is 763 g/mol. The first-order valence-electron chi connectivity index (χ1n) is 19.6. The van der Waals surface area contributed by atoms with Crippen molar-refractivity contribution in [1.82, 2.24) is 29.7 Å². The lowest BCUT2D eigenvalue weighted by molar-refractivity contribution is -0.137. The zero-order chi connectivity index (χ0) is 39.0. The highest BCUT2D eigenvalue weighted by Gasteiger charge is 2.39. The van der Waals surface area contributed by atoms with E-state index in [-0.39, 0.29) is 30.7 Å². The summed E-state index contributed by atoms with van der Waals surface area (Å²) in [5, 5.41) is 4.42. The van der Waals surface area contributed by atoms with E-state index >= 15 is 0 Å². The summed E-state index contributed by atoms with van der Waals surface area (Å²) in [5.41, 5.74) is 6.93. The molecule has 1 unspecified atom stereocenters. The number of benzene rings is 3. The maximum absolute atomic E-state index is 13.1. The third-order valence-corrected chi connectivity index (χ3v) is 11.5. The third kappa shape index (κ3) is 7.04. The van der Waals surface area contributed by atoms with Crippen molar-refractivity contribution in [3.63, 3.8) is 0 Å². The molecule has 2 aromatic heterocycles. The summed E-state index contributed by atoms with van der Waals surface area (Å²) in [7, 11) is 0. The van der Waals surface area contributed by atoms with Crippen LogP contribution in [0.1, 0.15) is 77.9 Å². The predicted molar refractivity (Wildman–Crippen MR) is 212 cm³/mol. The molecule has 4 amide bonds. The van der Waals surface area contributed by atoms with E-state index in [1.54, 1.807) is 19.1 Å². The second-order valence-electron chi connectivity index (χ2n) is 15.0. The molecule has 4 aliphatic heterocycles. The van der Waals surface area contributed by atoms with Gasteiger partial charge in [0.25, 0.3) is 5.91 Å². The summed E-state index contributed by atoms with van der Waals surface area (Å²) in [5.74, 6) is 7.64. The molecular weight excluding hydrogens is 721 g/mol. The van der Waals surface area contributed by atoms with Crippen molar-refractivity contribution in [2.75, 3.05) is 26.4 Å². The number of imide groups is 1. The first-order chi connectivity index (χ1) is 27.8. The molecule has 4 aliphatic rings. The van der Waals surface area contributed by atoms with Crippen LogP contribution in [0.25, 0.3) is 33.3 Å². The van der Waals surface area contributed by atoms with Gasteiger partial charge in [0, 0.05) is 92.4 Å². The molecule has 5 aromatic rings. The Morgan fingerprint density at radius 3 is 2.58 bits per heavy atom. The second-order valence-corrected chi connectivity index (χ2v) is 15.0. The summed E-state index contributed by atoms with van der Waals surface area (Å²) in [6.07, 6.45) is 4.83. The lowest BCUT2D eigenvalue weighted by atomic mass is 9.99. The molecule has 57 heavy (non-hydrogen) atoms. The van der Waals surface area contributed by atoms with Gasteiger partial charge in [0.05, 0.1) is 30.2 Å². The average Bonchev–Trinajstić information content (AvgIpc) is 3.78. The van der Waals surface area contributed by atoms with Gasteiger partial charge < -0.3 is 23.8 Å². The number of piperidine rings is 1. The Morgan fingerprint density at radius 2 is 1.77 bits per heavy atom. The first kappa shape index (κ1) is 36.3. The van der Waals surface area contributed by atoms with Crippen molar-refractivity contribution in [1.29, 1.82) is 0 Å². The van der Waals surface area contributed by atoms with Crippen LogP contribution < -0.4 is 10.1 Å². The van der Waals surface area contributed by atoms with E-state index in [0.29, 0.717) is 44.0 Å². The minimum atomic E-state index is -0.662. The van der Waals surface area contributed by atoms with E-state index in [2.05, 4.69) is 46.0 Å². The Kier molecular flexibility index (Phi) is 9.76. The molecule has 3 aromatic carbocycles. The van der Waals surface area contributed by atoms with Crippen molar-refractivity contribution in [3.05, 3.63) is 101 Å². The zero-order valence-corrected chi connectivity index (χ0v) is 31.8. The Morgan fingerprint density at radius 1 is 0.965 bits per heavy atom. The number of fused-ring (bicyclic) bond motifs is 3. The molecule has 2 fully saturated rings.